The summed E-state index contributed by atoms with van der Waals surface area (Å²) in [6.45, 7) is 8.85. The van der Waals surface area contributed by atoms with Crippen LogP contribution in [-0.4, -0.2) is 60.3 Å². The number of hydrogen-bond acceptors (Lipinski definition) is 5. The summed E-state index contributed by atoms with van der Waals surface area (Å²) >= 11 is 0.298. The van der Waals surface area contributed by atoms with Crippen molar-refractivity contribution in [2.75, 3.05) is 37.6 Å². The van der Waals surface area contributed by atoms with Gasteiger partial charge in [0.05, 0.1) is 5.56 Å². The van der Waals surface area contributed by atoms with Gasteiger partial charge in [0, 0.05) is 50.6 Å². The van der Waals surface area contributed by atoms with Gasteiger partial charge >= 0.3 is 0 Å². The van der Waals surface area contributed by atoms with E-state index in [1.807, 2.05) is 6.92 Å². The Kier molecular flexibility index (Phi) is 8.04. The molecule has 1 aliphatic heterocycles. The molecule has 1 unspecified atom stereocenters. The van der Waals surface area contributed by atoms with Crippen molar-refractivity contribution in [2.45, 2.75) is 37.1 Å². The molecule has 0 bridgehead atoms. The van der Waals surface area contributed by atoms with Crippen LogP contribution < -0.4 is 10.2 Å². The minimum atomic E-state index is -2.61. The van der Waals surface area contributed by atoms with Gasteiger partial charge in [-0.15, -0.1) is 0 Å². The van der Waals surface area contributed by atoms with E-state index < -0.39 is 5.76 Å². The second kappa shape index (κ2) is 10.7. The van der Waals surface area contributed by atoms with E-state index in [9.17, 15) is 13.6 Å². The number of alkyl halides is 2. The Labute approximate surface area is 180 Å². The molecule has 5 nitrogen and oxygen atoms in total. The van der Waals surface area contributed by atoms with Crippen LogP contribution in [0.5, 0.6) is 0 Å². The zero-order chi connectivity index (χ0) is 21.5. The number of aryl methyl sites for hydroxylation is 1. The highest BCUT2D eigenvalue weighted by molar-refractivity contribution is 7.99. The van der Waals surface area contributed by atoms with Crippen molar-refractivity contribution in [3.63, 3.8) is 0 Å². The maximum Gasteiger partial charge on any atom is 0.290 e. The smallest absolute Gasteiger partial charge is 0.290 e. The average molecular weight is 435 g/mol. The van der Waals surface area contributed by atoms with Gasteiger partial charge in [0.15, 0.2) is 0 Å². The molecular weight excluding hydrogens is 406 g/mol. The zero-order valence-electron chi connectivity index (χ0n) is 17.4. The summed E-state index contributed by atoms with van der Waals surface area (Å²) < 4.78 is 25.4. The number of carbonyl (C=O) groups is 1. The second-order valence-corrected chi connectivity index (χ2v) is 8.54. The lowest BCUT2D eigenvalue weighted by Crippen LogP contribution is -2.47. The van der Waals surface area contributed by atoms with Gasteiger partial charge in [0.25, 0.3) is 11.7 Å². The fourth-order valence-electron chi connectivity index (χ4n) is 3.55. The molecule has 1 fully saturated rings. The third-order valence-electron chi connectivity index (χ3n) is 5.21. The topological polar surface area (TPSA) is 48.5 Å². The molecule has 30 heavy (non-hydrogen) atoms. The number of benzene rings is 1. The van der Waals surface area contributed by atoms with E-state index in [2.05, 4.69) is 51.3 Å². The number of halogens is 2. The number of hydrogen-bond donors (Lipinski definition) is 1. The normalized spacial score (nSPS) is 16.0. The summed E-state index contributed by atoms with van der Waals surface area (Å²) in [7, 11) is 0. The molecule has 162 valence electrons. The van der Waals surface area contributed by atoms with Crippen molar-refractivity contribution in [3.05, 3.63) is 53.7 Å². The highest BCUT2D eigenvalue weighted by Gasteiger charge is 2.20. The van der Waals surface area contributed by atoms with Crippen molar-refractivity contribution in [2.24, 2.45) is 0 Å². The molecule has 3 rings (SSSR count). The Morgan fingerprint density at radius 1 is 1.20 bits per heavy atom. The van der Waals surface area contributed by atoms with E-state index in [0.717, 1.165) is 39.1 Å². The number of anilines is 1. The van der Waals surface area contributed by atoms with E-state index in [0.29, 0.717) is 11.8 Å². The maximum absolute atomic E-state index is 12.7. The van der Waals surface area contributed by atoms with Crippen LogP contribution in [0.15, 0.2) is 47.6 Å². The van der Waals surface area contributed by atoms with Gasteiger partial charge in [-0.1, -0.05) is 12.1 Å². The van der Waals surface area contributed by atoms with Gasteiger partial charge in [-0.3, -0.25) is 9.69 Å². The molecule has 1 aromatic heterocycles. The second-order valence-electron chi connectivity index (χ2n) is 7.57. The largest absolute Gasteiger partial charge is 0.369 e. The molecule has 1 N–H and O–H groups in total. The number of aromatic nitrogens is 1. The maximum atomic E-state index is 12.7. The van der Waals surface area contributed by atoms with Crippen LogP contribution in [0.3, 0.4) is 0 Å². The van der Waals surface area contributed by atoms with E-state index in [4.69, 9.17) is 0 Å². The van der Waals surface area contributed by atoms with Crippen LogP contribution in [0.4, 0.5) is 14.5 Å². The predicted molar refractivity (Wildman–Crippen MR) is 117 cm³/mol. The SMILES string of the molecule is Cc1cccc(N2CCN(CCC(C)NC(=O)c3cccnc3SC(F)F)CC2)c1. The third-order valence-corrected chi connectivity index (χ3v) is 5.94. The molecule has 0 radical (unpaired) electrons. The number of thioether (sulfide) groups is 1. The Hall–Kier alpha value is -2.19. The van der Waals surface area contributed by atoms with E-state index in [1.54, 1.807) is 6.07 Å². The molecule has 1 saturated heterocycles. The van der Waals surface area contributed by atoms with Crippen molar-refractivity contribution in [1.82, 2.24) is 15.2 Å². The number of rotatable bonds is 8. The van der Waals surface area contributed by atoms with Gasteiger partial charge in [0.2, 0.25) is 0 Å². The molecule has 1 atom stereocenters. The fraction of sp³-hybridized carbons (Fsp3) is 0.455. The molecule has 1 amide bonds. The molecule has 0 spiro atoms. The lowest BCUT2D eigenvalue weighted by molar-refractivity contribution is 0.0931. The summed E-state index contributed by atoms with van der Waals surface area (Å²) in [6.07, 6.45) is 2.22. The summed E-state index contributed by atoms with van der Waals surface area (Å²) in [5, 5.41) is 2.98. The lowest BCUT2D eigenvalue weighted by Gasteiger charge is -2.36. The van der Waals surface area contributed by atoms with Gasteiger partial charge in [-0.25, -0.2) is 4.98 Å². The van der Waals surface area contributed by atoms with Crippen molar-refractivity contribution < 1.29 is 13.6 Å². The highest BCUT2D eigenvalue weighted by Crippen LogP contribution is 2.26. The van der Waals surface area contributed by atoms with Gasteiger partial charge in [-0.2, -0.15) is 8.78 Å². The standard InChI is InChI=1S/C22H28F2N4OS/c1-16-5-3-6-18(15-16)28-13-11-27(12-14-28)10-8-17(2)26-20(29)19-7-4-9-25-21(19)30-22(23)24/h3-7,9,15,17,22H,8,10-14H2,1-2H3,(H,26,29). The lowest BCUT2D eigenvalue weighted by atomic mass is 10.1. The number of carbonyl (C=O) groups excluding carboxylic acids is 1. The van der Waals surface area contributed by atoms with Gasteiger partial charge in [0.1, 0.15) is 5.03 Å². The summed E-state index contributed by atoms with van der Waals surface area (Å²) in [5.41, 5.74) is 2.73. The first-order valence-electron chi connectivity index (χ1n) is 10.2. The monoisotopic (exact) mass is 434 g/mol. The van der Waals surface area contributed by atoms with Crippen LogP contribution in [0.25, 0.3) is 0 Å². The van der Waals surface area contributed by atoms with Crippen LogP contribution in [0, 0.1) is 6.92 Å². The third kappa shape index (κ3) is 6.40. The Balaban J connectivity index is 1.44. The molecule has 0 aliphatic carbocycles. The highest BCUT2D eigenvalue weighted by atomic mass is 32.2. The number of nitrogens with zero attached hydrogens (tertiary/aromatic N) is 3. The van der Waals surface area contributed by atoms with Crippen LogP contribution in [0.1, 0.15) is 29.3 Å². The number of amides is 1. The Morgan fingerprint density at radius 2 is 1.97 bits per heavy atom. The Morgan fingerprint density at radius 3 is 2.67 bits per heavy atom. The van der Waals surface area contributed by atoms with Crippen LogP contribution in [-0.2, 0) is 0 Å². The molecule has 1 aromatic carbocycles. The summed E-state index contributed by atoms with van der Waals surface area (Å²) in [6, 6.07) is 11.6. The zero-order valence-corrected chi connectivity index (χ0v) is 18.2. The molecular formula is C22H28F2N4OS. The summed E-state index contributed by atoms with van der Waals surface area (Å²) in [5.74, 6) is -2.97. The fourth-order valence-corrected chi connectivity index (χ4v) is 4.12. The van der Waals surface area contributed by atoms with Crippen molar-refractivity contribution >= 4 is 23.4 Å². The minimum Gasteiger partial charge on any atom is -0.369 e. The van der Waals surface area contributed by atoms with Gasteiger partial charge in [-0.05, 0) is 61.9 Å². The van der Waals surface area contributed by atoms with Crippen LogP contribution >= 0.6 is 11.8 Å². The van der Waals surface area contributed by atoms with Gasteiger partial charge < -0.3 is 10.2 Å². The van der Waals surface area contributed by atoms with E-state index in [1.165, 1.54) is 23.5 Å². The minimum absolute atomic E-state index is 0.0584. The number of piperazine rings is 1. The molecule has 8 heteroatoms. The number of pyridine rings is 1. The predicted octanol–water partition coefficient (Wildman–Crippen LogP) is 4.04. The van der Waals surface area contributed by atoms with Crippen molar-refractivity contribution in [1.29, 1.82) is 0 Å². The number of nitrogens with one attached hydrogen (secondary N) is 1. The van der Waals surface area contributed by atoms with E-state index in [-0.39, 0.29) is 22.5 Å². The van der Waals surface area contributed by atoms with Crippen molar-refractivity contribution in [3.8, 4) is 0 Å². The molecule has 1 aliphatic rings. The molecule has 0 saturated carbocycles. The summed E-state index contributed by atoms with van der Waals surface area (Å²) in [4.78, 5) is 21.2. The Bertz CT molecular complexity index is 843. The first kappa shape index (κ1) is 22.5. The molecule has 2 heterocycles. The molecule has 2 aromatic rings. The van der Waals surface area contributed by atoms with Crippen LogP contribution in [0.2, 0.25) is 0 Å². The average Bonchev–Trinajstić information content (AvgIpc) is 2.72. The van der Waals surface area contributed by atoms with E-state index >= 15 is 0 Å². The first-order chi connectivity index (χ1) is 14.4. The first-order valence-corrected chi connectivity index (χ1v) is 11.0. The quantitative estimate of drug-likeness (QED) is 0.636.